The summed E-state index contributed by atoms with van der Waals surface area (Å²) >= 11 is 6.48. The highest BCUT2D eigenvalue weighted by atomic mass is 35.5. The normalized spacial score (nSPS) is 15.9. The highest BCUT2D eigenvalue weighted by Crippen LogP contribution is 2.36. The van der Waals surface area contributed by atoms with Crippen LogP contribution in [-0.2, 0) is 16.1 Å². The Labute approximate surface area is 183 Å². The molecule has 1 aromatic heterocycles. The van der Waals surface area contributed by atoms with Gasteiger partial charge < -0.3 is 19.7 Å². The number of carbonyl (C=O) groups is 2. The molecule has 1 aromatic carbocycles. The molecular weight excluding hydrogens is 400 g/mol. The molecule has 0 unspecified atom stereocenters. The fourth-order valence-electron chi connectivity index (χ4n) is 4.11. The standard InChI is InChI=1S/C23H31ClN4O2/c1-3-26(4-2)15-13-25-21(29)11-12-22(30)28-17-16-27-14-7-10-20(27)23(28)18-8-5-6-9-19(18)24/h5-10,14,23H,3-4,11-13,15-17H2,1-2H3,(H,25,29)/p+1/t23-/m0/s1. The highest BCUT2D eigenvalue weighted by Gasteiger charge is 2.33. The van der Waals surface area contributed by atoms with Gasteiger partial charge in [0.2, 0.25) is 11.8 Å². The molecule has 6 nitrogen and oxygen atoms in total. The molecule has 3 rings (SSSR count). The van der Waals surface area contributed by atoms with E-state index in [4.69, 9.17) is 11.6 Å². The molecule has 2 heterocycles. The SMILES string of the molecule is CC[NH+](CC)CCNC(=O)CCC(=O)N1CCn2cccc2[C@@H]1c1ccccc1Cl. The maximum Gasteiger partial charge on any atom is 0.223 e. The van der Waals surface area contributed by atoms with Gasteiger partial charge in [0.1, 0.15) is 0 Å². The van der Waals surface area contributed by atoms with E-state index in [1.165, 1.54) is 4.90 Å². The smallest absolute Gasteiger partial charge is 0.223 e. The summed E-state index contributed by atoms with van der Waals surface area (Å²) in [5.41, 5.74) is 1.97. The highest BCUT2D eigenvalue weighted by molar-refractivity contribution is 6.31. The average Bonchev–Trinajstić information content (AvgIpc) is 3.24. The zero-order valence-electron chi connectivity index (χ0n) is 17.9. The van der Waals surface area contributed by atoms with Crippen molar-refractivity contribution < 1.29 is 14.5 Å². The van der Waals surface area contributed by atoms with Gasteiger partial charge in [-0.1, -0.05) is 29.8 Å². The number of rotatable bonds is 9. The second kappa shape index (κ2) is 10.6. The maximum absolute atomic E-state index is 13.1. The Morgan fingerprint density at radius 1 is 1.10 bits per heavy atom. The molecule has 30 heavy (non-hydrogen) atoms. The molecule has 1 aliphatic heterocycles. The Hall–Kier alpha value is -2.31. The van der Waals surface area contributed by atoms with Crippen LogP contribution < -0.4 is 10.2 Å². The van der Waals surface area contributed by atoms with Crippen molar-refractivity contribution in [3.8, 4) is 0 Å². The topological polar surface area (TPSA) is 58.8 Å². The number of benzene rings is 1. The number of hydrogen-bond donors (Lipinski definition) is 2. The lowest BCUT2D eigenvalue weighted by atomic mass is 9.99. The molecule has 2 amide bonds. The minimum Gasteiger partial charge on any atom is -0.350 e. The molecule has 0 radical (unpaired) electrons. The minimum atomic E-state index is -0.232. The molecule has 1 aliphatic rings. The van der Waals surface area contributed by atoms with Crippen LogP contribution in [0.3, 0.4) is 0 Å². The van der Waals surface area contributed by atoms with Crippen molar-refractivity contribution in [3.05, 3.63) is 58.9 Å². The van der Waals surface area contributed by atoms with E-state index in [0.29, 0.717) is 18.1 Å². The van der Waals surface area contributed by atoms with E-state index in [2.05, 4.69) is 23.7 Å². The molecule has 7 heteroatoms. The van der Waals surface area contributed by atoms with Gasteiger partial charge in [-0.3, -0.25) is 9.59 Å². The first-order valence-electron chi connectivity index (χ1n) is 10.8. The summed E-state index contributed by atoms with van der Waals surface area (Å²) < 4.78 is 2.17. The zero-order valence-corrected chi connectivity index (χ0v) is 18.6. The molecule has 2 aromatic rings. The second-order valence-electron chi connectivity index (χ2n) is 7.69. The van der Waals surface area contributed by atoms with Crippen LogP contribution in [0.5, 0.6) is 0 Å². The number of halogens is 1. The first kappa shape index (κ1) is 22.4. The van der Waals surface area contributed by atoms with Crippen molar-refractivity contribution in [1.29, 1.82) is 0 Å². The number of amides is 2. The lowest BCUT2D eigenvalue weighted by molar-refractivity contribution is -0.895. The number of aromatic nitrogens is 1. The Balaban J connectivity index is 1.63. The number of nitrogens with one attached hydrogen (secondary N) is 2. The largest absolute Gasteiger partial charge is 0.350 e. The van der Waals surface area contributed by atoms with Gasteiger partial charge in [0.25, 0.3) is 0 Å². The summed E-state index contributed by atoms with van der Waals surface area (Å²) in [7, 11) is 0. The summed E-state index contributed by atoms with van der Waals surface area (Å²) in [6, 6.07) is 11.5. The first-order chi connectivity index (χ1) is 14.5. The van der Waals surface area contributed by atoms with Gasteiger partial charge in [-0.2, -0.15) is 0 Å². The third-order valence-corrected chi connectivity index (χ3v) is 6.27. The van der Waals surface area contributed by atoms with Crippen LogP contribution in [0.4, 0.5) is 0 Å². The van der Waals surface area contributed by atoms with E-state index < -0.39 is 0 Å². The lowest BCUT2D eigenvalue weighted by Crippen LogP contribution is -3.12. The number of quaternary nitrogens is 1. The minimum absolute atomic E-state index is 0.0168. The van der Waals surface area contributed by atoms with E-state index >= 15 is 0 Å². The molecule has 2 N–H and O–H groups in total. The van der Waals surface area contributed by atoms with Crippen LogP contribution in [0.2, 0.25) is 5.02 Å². The number of carbonyl (C=O) groups excluding carboxylic acids is 2. The summed E-state index contributed by atoms with van der Waals surface area (Å²) in [6.45, 7) is 9.27. The van der Waals surface area contributed by atoms with Crippen molar-refractivity contribution in [2.24, 2.45) is 0 Å². The predicted molar refractivity (Wildman–Crippen MR) is 119 cm³/mol. The van der Waals surface area contributed by atoms with E-state index in [1.807, 2.05) is 47.5 Å². The summed E-state index contributed by atoms with van der Waals surface area (Å²) in [6.07, 6.45) is 2.44. The number of fused-ring (bicyclic) bond motifs is 1. The van der Waals surface area contributed by atoms with Crippen molar-refractivity contribution in [2.45, 2.75) is 39.3 Å². The fourth-order valence-corrected chi connectivity index (χ4v) is 4.35. The van der Waals surface area contributed by atoms with Crippen molar-refractivity contribution >= 4 is 23.4 Å². The van der Waals surface area contributed by atoms with Crippen LogP contribution >= 0.6 is 11.6 Å². The maximum atomic E-state index is 13.1. The lowest BCUT2D eigenvalue weighted by Gasteiger charge is -2.37. The fraction of sp³-hybridized carbons (Fsp3) is 0.478. The van der Waals surface area contributed by atoms with E-state index in [1.54, 1.807) is 0 Å². The second-order valence-corrected chi connectivity index (χ2v) is 8.10. The first-order valence-corrected chi connectivity index (χ1v) is 11.2. The van der Waals surface area contributed by atoms with Crippen molar-refractivity contribution in [2.75, 3.05) is 32.7 Å². The van der Waals surface area contributed by atoms with Crippen LogP contribution in [0.15, 0.2) is 42.6 Å². The summed E-state index contributed by atoms with van der Waals surface area (Å²) in [5, 5.41) is 3.59. The quantitative estimate of drug-likeness (QED) is 0.637. The third kappa shape index (κ3) is 5.24. The molecule has 1 atom stereocenters. The van der Waals surface area contributed by atoms with Crippen LogP contribution in [-0.4, -0.2) is 54.0 Å². The van der Waals surface area contributed by atoms with Gasteiger partial charge >= 0.3 is 0 Å². The average molecular weight is 432 g/mol. The van der Waals surface area contributed by atoms with Crippen molar-refractivity contribution in [3.63, 3.8) is 0 Å². The molecule has 0 fully saturated rings. The van der Waals surface area contributed by atoms with E-state index in [-0.39, 0.29) is 30.7 Å². The predicted octanol–water partition coefficient (Wildman–Crippen LogP) is 1.89. The van der Waals surface area contributed by atoms with Gasteiger partial charge in [-0.15, -0.1) is 0 Å². The number of hydrogen-bond acceptors (Lipinski definition) is 2. The third-order valence-electron chi connectivity index (χ3n) is 5.93. The van der Waals surface area contributed by atoms with Crippen LogP contribution in [0.25, 0.3) is 0 Å². The number of likely N-dealkylation sites (N-methyl/N-ethyl adjacent to an activating group) is 1. The van der Waals surface area contributed by atoms with E-state index in [9.17, 15) is 9.59 Å². The van der Waals surface area contributed by atoms with Gasteiger partial charge in [0, 0.05) is 42.8 Å². The molecule has 0 spiro atoms. The summed E-state index contributed by atoms with van der Waals surface area (Å²) in [4.78, 5) is 28.6. The Morgan fingerprint density at radius 3 is 2.60 bits per heavy atom. The molecule has 0 aliphatic carbocycles. The van der Waals surface area contributed by atoms with Crippen LogP contribution in [0.1, 0.15) is 44.0 Å². The molecule has 0 saturated heterocycles. The molecule has 162 valence electrons. The van der Waals surface area contributed by atoms with Gasteiger partial charge in [0.05, 0.1) is 32.2 Å². The zero-order chi connectivity index (χ0) is 21.5. The van der Waals surface area contributed by atoms with Gasteiger partial charge in [0.15, 0.2) is 0 Å². The molecule has 0 bridgehead atoms. The Bertz CT molecular complexity index is 862. The number of nitrogens with zero attached hydrogens (tertiary/aromatic N) is 2. The van der Waals surface area contributed by atoms with E-state index in [0.717, 1.165) is 37.4 Å². The summed E-state index contributed by atoms with van der Waals surface area (Å²) in [5.74, 6) is -0.0820. The Morgan fingerprint density at radius 2 is 1.87 bits per heavy atom. The molecular formula is C23H32ClN4O2+. The monoisotopic (exact) mass is 431 g/mol. The van der Waals surface area contributed by atoms with Crippen molar-refractivity contribution in [1.82, 2.24) is 14.8 Å². The Kier molecular flexibility index (Phi) is 7.94. The van der Waals surface area contributed by atoms with Gasteiger partial charge in [-0.05, 0) is 37.6 Å². The van der Waals surface area contributed by atoms with Crippen LogP contribution in [0, 0.1) is 0 Å². The molecule has 0 saturated carbocycles. The van der Waals surface area contributed by atoms with Gasteiger partial charge in [-0.25, -0.2) is 0 Å².